The van der Waals surface area contributed by atoms with Gasteiger partial charge in [0, 0.05) is 12.1 Å². The van der Waals surface area contributed by atoms with Crippen molar-refractivity contribution in [3.8, 4) is 0 Å². The monoisotopic (exact) mass is 330 g/mol. The van der Waals surface area contributed by atoms with Gasteiger partial charge in [0.2, 0.25) is 0 Å². The first-order chi connectivity index (χ1) is 11.0. The highest BCUT2D eigenvalue weighted by Crippen LogP contribution is 2.29. The average molecular weight is 330 g/mol. The minimum atomic E-state index is -3.72. The number of nitrogens with one attached hydrogen (secondary N) is 1. The highest BCUT2D eigenvalue weighted by molar-refractivity contribution is 7.94. The van der Waals surface area contributed by atoms with E-state index >= 15 is 0 Å². The van der Waals surface area contributed by atoms with Crippen molar-refractivity contribution in [2.24, 2.45) is 0 Å². The van der Waals surface area contributed by atoms with Crippen LogP contribution in [-0.4, -0.2) is 20.7 Å². The van der Waals surface area contributed by atoms with Gasteiger partial charge in [0.05, 0.1) is 11.4 Å². The molecule has 0 atom stereocenters. The topological polar surface area (TPSA) is 66.5 Å². The molecule has 0 aliphatic carbocycles. The van der Waals surface area contributed by atoms with Crippen molar-refractivity contribution in [2.75, 3.05) is 15.6 Å². The number of carbonyl (C=O) groups is 1. The standard InChI is InChI=1S/C17H18N2O3S/c1-13(20)15-7-4-9-16(12-15)18-23(21,22)19-11-5-8-14-6-2-3-10-17(14)19/h2-4,6-7,9-10,12,18H,5,8,11H2,1H3. The van der Waals surface area contributed by atoms with Gasteiger partial charge < -0.3 is 0 Å². The van der Waals surface area contributed by atoms with E-state index in [4.69, 9.17) is 0 Å². The van der Waals surface area contributed by atoms with E-state index in [9.17, 15) is 13.2 Å². The van der Waals surface area contributed by atoms with E-state index < -0.39 is 10.2 Å². The molecule has 3 rings (SSSR count). The molecule has 1 heterocycles. The molecule has 0 fully saturated rings. The molecule has 2 aromatic rings. The summed E-state index contributed by atoms with van der Waals surface area (Å²) in [5.74, 6) is -0.102. The molecule has 1 aliphatic rings. The number of fused-ring (bicyclic) bond motifs is 1. The van der Waals surface area contributed by atoms with Crippen LogP contribution >= 0.6 is 0 Å². The largest absolute Gasteiger partial charge is 0.323 e. The first kappa shape index (κ1) is 15.6. The Morgan fingerprint density at radius 1 is 1.13 bits per heavy atom. The van der Waals surface area contributed by atoms with Crippen molar-refractivity contribution in [1.82, 2.24) is 0 Å². The smallest absolute Gasteiger partial charge is 0.295 e. The number of carbonyl (C=O) groups excluding carboxylic acids is 1. The van der Waals surface area contributed by atoms with Crippen LogP contribution in [0.5, 0.6) is 0 Å². The van der Waals surface area contributed by atoms with Gasteiger partial charge in [0.15, 0.2) is 5.78 Å². The number of nitrogens with zero attached hydrogens (tertiary/aromatic N) is 1. The fraction of sp³-hybridized carbons (Fsp3) is 0.235. The van der Waals surface area contributed by atoms with E-state index in [1.807, 2.05) is 24.3 Å². The molecule has 0 unspecified atom stereocenters. The van der Waals surface area contributed by atoms with E-state index in [1.54, 1.807) is 24.3 Å². The number of para-hydroxylation sites is 1. The highest BCUT2D eigenvalue weighted by atomic mass is 32.2. The fourth-order valence-corrected chi connectivity index (χ4v) is 4.10. The second-order valence-electron chi connectivity index (χ2n) is 5.55. The van der Waals surface area contributed by atoms with Crippen molar-refractivity contribution in [3.05, 3.63) is 59.7 Å². The number of Topliss-reactive ketones (excluding diaryl/α,β-unsaturated/α-hetero) is 1. The van der Waals surface area contributed by atoms with Crippen LogP contribution in [-0.2, 0) is 16.6 Å². The summed E-state index contributed by atoms with van der Waals surface area (Å²) in [7, 11) is -3.72. The van der Waals surface area contributed by atoms with Gasteiger partial charge in [-0.3, -0.25) is 13.8 Å². The maximum absolute atomic E-state index is 12.7. The lowest BCUT2D eigenvalue weighted by molar-refractivity contribution is 0.101. The molecule has 2 aromatic carbocycles. The predicted octanol–water partition coefficient (Wildman–Crippen LogP) is 3.00. The number of benzene rings is 2. The van der Waals surface area contributed by atoms with Gasteiger partial charge >= 0.3 is 10.2 Å². The van der Waals surface area contributed by atoms with Crippen LogP contribution in [0.1, 0.15) is 29.3 Å². The number of rotatable bonds is 4. The van der Waals surface area contributed by atoms with Crippen LogP contribution in [0, 0.1) is 0 Å². The lowest BCUT2D eigenvalue weighted by Crippen LogP contribution is -2.39. The first-order valence-electron chi connectivity index (χ1n) is 7.47. The van der Waals surface area contributed by atoms with E-state index in [0.717, 1.165) is 18.4 Å². The zero-order valence-corrected chi connectivity index (χ0v) is 13.6. The molecule has 0 bridgehead atoms. The lowest BCUT2D eigenvalue weighted by atomic mass is 10.0. The summed E-state index contributed by atoms with van der Waals surface area (Å²) in [5, 5.41) is 0. The molecule has 23 heavy (non-hydrogen) atoms. The Morgan fingerprint density at radius 2 is 1.91 bits per heavy atom. The summed E-state index contributed by atoms with van der Waals surface area (Å²) < 4.78 is 29.4. The van der Waals surface area contributed by atoms with Crippen LogP contribution in [0.3, 0.4) is 0 Å². The van der Waals surface area contributed by atoms with Gasteiger partial charge in [0.1, 0.15) is 0 Å². The highest BCUT2D eigenvalue weighted by Gasteiger charge is 2.27. The Hall–Kier alpha value is -2.34. The second-order valence-corrected chi connectivity index (χ2v) is 7.14. The summed E-state index contributed by atoms with van der Waals surface area (Å²) in [6.45, 7) is 1.90. The maximum Gasteiger partial charge on any atom is 0.323 e. The van der Waals surface area contributed by atoms with E-state index in [-0.39, 0.29) is 5.78 Å². The lowest BCUT2D eigenvalue weighted by Gasteiger charge is -2.30. The van der Waals surface area contributed by atoms with E-state index in [2.05, 4.69) is 4.72 Å². The second kappa shape index (κ2) is 6.04. The number of hydrogen-bond donors (Lipinski definition) is 1. The zero-order valence-electron chi connectivity index (χ0n) is 12.8. The van der Waals surface area contributed by atoms with Gasteiger partial charge in [-0.05, 0) is 43.5 Å². The Kier molecular flexibility index (Phi) is 4.09. The summed E-state index contributed by atoms with van der Waals surface area (Å²) in [5.41, 5.74) is 2.61. The maximum atomic E-state index is 12.7. The molecular weight excluding hydrogens is 312 g/mol. The SMILES string of the molecule is CC(=O)c1cccc(NS(=O)(=O)N2CCCc3ccccc32)c1. The van der Waals surface area contributed by atoms with Gasteiger partial charge in [0.25, 0.3) is 0 Å². The third kappa shape index (κ3) is 3.22. The van der Waals surface area contributed by atoms with Crippen LogP contribution in [0.15, 0.2) is 48.5 Å². The van der Waals surface area contributed by atoms with E-state index in [0.29, 0.717) is 23.5 Å². The van der Waals surface area contributed by atoms with Crippen molar-refractivity contribution < 1.29 is 13.2 Å². The molecule has 1 N–H and O–H groups in total. The van der Waals surface area contributed by atoms with Crippen LogP contribution in [0.2, 0.25) is 0 Å². The third-order valence-electron chi connectivity index (χ3n) is 3.87. The first-order valence-corrected chi connectivity index (χ1v) is 8.91. The summed E-state index contributed by atoms with van der Waals surface area (Å²) >= 11 is 0. The Balaban J connectivity index is 1.91. The van der Waals surface area contributed by atoms with Crippen LogP contribution in [0.25, 0.3) is 0 Å². The molecular formula is C17H18N2O3S. The van der Waals surface area contributed by atoms with Crippen molar-refractivity contribution in [3.63, 3.8) is 0 Å². The fourth-order valence-electron chi connectivity index (χ4n) is 2.75. The molecule has 5 nitrogen and oxygen atoms in total. The van der Waals surface area contributed by atoms with Crippen molar-refractivity contribution in [2.45, 2.75) is 19.8 Å². The number of aryl methyl sites for hydroxylation is 1. The molecule has 1 aliphatic heterocycles. The summed E-state index contributed by atoms with van der Waals surface area (Å²) in [6, 6.07) is 14.0. The van der Waals surface area contributed by atoms with E-state index in [1.165, 1.54) is 11.2 Å². The van der Waals surface area contributed by atoms with Crippen LogP contribution in [0.4, 0.5) is 11.4 Å². The normalized spacial score (nSPS) is 14.2. The molecule has 0 amide bonds. The summed E-state index contributed by atoms with van der Waals surface area (Å²) in [6.07, 6.45) is 1.66. The molecule has 120 valence electrons. The Morgan fingerprint density at radius 3 is 2.70 bits per heavy atom. The number of anilines is 2. The van der Waals surface area contributed by atoms with Gasteiger partial charge in [-0.25, -0.2) is 0 Å². The Bertz CT molecular complexity index is 846. The van der Waals surface area contributed by atoms with Gasteiger partial charge in [-0.15, -0.1) is 0 Å². The summed E-state index contributed by atoms with van der Waals surface area (Å²) in [4.78, 5) is 11.4. The van der Waals surface area contributed by atoms with Crippen LogP contribution < -0.4 is 9.03 Å². The third-order valence-corrected chi connectivity index (χ3v) is 5.33. The average Bonchev–Trinajstić information content (AvgIpc) is 2.54. The molecule has 0 radical (unpaired) electrons. The van der Waals surface area contributed by atoms with Crippen molar-refractivity contribution in [1.29, 1.82) is 0 Å². The molecule has 0 saturated carbocycles. The minimum Gasteiger partial charge on any atom is -0.295 e. The molecule has 6 heteroatoms. The quantitative estimate of drug-likeness (QED) is 0.876. The predicted molar refractivity (Wildman–Crippen MR) is 91.1 cm³/mol. The van der Waals surface area contributed by atoms with Gasteiger partial charge in [-0.1, -0.05) is 30.3 Å². The number of hydrogen-bond acceptors (Lipinski definition) is 3. The van der Waals surface area contributed by atoms with Crippen molar-refractivity contribution >= 4 is 27.4 Å². The molecule has 0 saturated heterocycles. The van der Waals surface area contributed by atoms with Gasteiger partial charge in [-0.2, -0.15) is 8.42 Å². The minimum absolute atomic E-state index is 0.102. The zero-order chi connectivity index (χ0) is 16.4. The number of ketones is 1. The molecule has 0 aromatic heterocycles. The Labute approximate surface area is 136 Å². The molecule has 0 spiro atoms.